The van der Waals surface area contributed by atoms with Crippen LogP contribution in [0.4, 0.5) is 13.2 Å². The Morgan fingerprint density at radius 2 is 1.41 bits per heavy atom. The van der Waals surface area contributed by atoms with E-state index in [1.165, 1.54) is 17.7 Å². The van der Waals surface area contributed by atoms with Crippen molar-refractivity contribution in [1.82, 2.24) is 10.6 Å². The molecule has 22 heavy (non-hydrogen) atoms. The molecule has 1 heterocycles. The zero-order chi connectivity index (χ0) is 15.6. The summed E-state index contributed by atoms with van der Waals surface area (Å²) in [6.07, 6.45) is -4.29. The molecule has 3 rings (SSSR count). The summed E-state index contributed by atoms with van der Waals surface area (Å²) >= 11 is 0. The molecule has 0 saturated carbocycles. The SMILES string of the molecule is FC(F)(F)c1ccc(-c2ccc([C@H]3CNCCN3)cc2)cc1. The lowest BCUT2D eigenvalue weighted by atomic mass is 9.99. The van der Waals surface area contributed by atoms with Crippen LogP contribution in [0.15, 0.2) is 48.5 Å². The molecule has 1 aliphatic heterocycles. The maximum atomic E-state index is 12.6. The van der Waals surface area contributed by atoms with Crippen molar-refractivity contribution in [2.24, 2.45) is 0 Å². The Balaban J connectivity index is 1.77. The summed E-state index contributed by atoms with van der Waals surface area (Å²) in [4.78, 5) is 0. The fourth-order valence-corrected chi connectivity index (χ4v) is 2.65. The van der Waals surface area contributed by atoms with Gasteiger partial charge in [-0.1, -0.05) is 36.4 Å². The lowest BCUT2D eigenvalue weighted by Crippen LogP contribution is -2.42. The highest BCUT2D eigenvalue weighted by atomic mass is 19.4. The first-order valence-corrected chi connectivity index (χ1v) is 7.26. The van der Waals surface area contributed by atoms with Crippen LogP contribution in [0, 0.1) is 0 Å². The van der Waals surface area contributed by atoms with E-state index < -0.39 is 11.7 Å². The van der Waals surface area contributed by atoms with Gasteiger partial charge in [0, 0.05) is 25.7 Å². The Kier molecular flexibility index (Phi) is 4.18. The van der Waals surface area contributed by atoms with Gasteiger partial charge in [0.25, 0.3) is 0 Å². The topological polar surface area (TPSA) is 24.1 Å². The van der Waals surface area contributed by atoms with Crippen LogP contribution in [-0.2, 0) is 6.18 Å². The summed E-state index contributed by atoms with van der Waals surface area (Å²) in [6, 6.07) is 13.5. The Morgan fingerprint density at radius 3 is 1.91 bits per heavy atom. The predicted molar refractivity (Wildman–Crippen MR) is 80.5 cm³/mol. The Bertz CT molecular complexity index is 612. The van der Waals surface area contributed by atoms with Gasteiger partial charge in [0.15, 0.2) is 0 Å². The molecule has 2 aromatic rings. The molecule has 0 radical (unpaired) electrons. The zero-order valence-corrected chi connectivity index (χ0v) is 12.0. The van der Waals surface area contributed by atoms with Gasteiger partial charge in [-0.05, 0) is 28.8 Å². The highest BCUT2D eigenvalue weighted by molar-refractivity contribution is 5.64. The lowest BCUT2D eigenvalue weighted by Gasteiger charge is -2.25. The van der Waals surface area contributed by atoms with Crippen molar-refractivity contribution in [2.45, 2.75) is 12.2 Å². The van der Waals surface area contributed by atoms with E-state index in [-0.39, 0.29) is 6.04 Å². The molecule has 5 heteroatoms. The average Bonchev–Trinajstić information content (AvgIpc) is 2.55. The quantitative estimate of drug-likeness (QED) is 0.886. The Labute approximate surface area is 127 Å². The van der Waals surface area contributed by atoms with Gasteiger partial charge in [-0.25, -0.2) is 0 Å². The van der Waals surface area contributed by atoms with E-state index >= 15 is 0 Å². The molecule has 0 spiro atoms. The molecule has 0 unspecified atom stereocenters. The smallest absolute Gasteiger partial charge is 0.314 e. The van der Waals surface area contributed by atoms with Gasteiger partial charge in [-0.3, -0.25) is 0 Å². The van der Waals surface area contributed by atoms with Crippen LogP contribution >= 0.6 is 0 Å². The first-order chi connectivity index (χ1) is 10.5. The van der Waals surface area contributed by atoms with Crippen LogP contribution in [0.5, 0.6) is 0 Å². The van der Waals surface area contributed by atoms with Crippen LogP contribution in [0.2, 0.25) is 0 Å². The van der Waals surface area contributed by atoms with Crippen LogP contribution in [0.25, 0.3) is 11.1 Å². The Hall–Kier alpha value is -1.85. The highest BCUT2D eigenvalue weighted by Crippen LogP contribution is 2.31. The second kappa shape index (κ2) is 6.10. The van der Waals surface area contributed by atoms with Crippen LogP contribution < -0.4 is 10.6 Å². The summed E-state index contributed by atoms with van der Waals surface area (Å²) < 4.78 is 37.7. The minimum absolute atomic E-state index is 0.287. The van der Waals surface area contributed by atoms with Gasteiger partial charge in [-0.15, -0.1) is 0 Å². The van der Waals surface area contributed by atoms with Crippen molar-refractivity contribution in [2.75, 3.05) is 19.6 Å². The molecule has 2 aromatic carbocycles. The Morgan fingerprint density at radius 1 is 0.818 bits per heavy atom. The van der Waals surface area contributed by atoms with E-state index in [1.807, 2.05) is 24.3 Å². The molecule has 1 fully saturated rings. The second-order valence-corrected chi connectivity index (χ2v) is 5.41. The van der Waals surface area contributed by atoms with Crippen molar-refractivity contribution in [3.8, 4) is 11.1 Å². The number of piperazine rings is 1. The zero-order valence-electron chi connectivity index (χ0n) is 12.0. The molecule has 1 aliphatic rings. The first-order valence-electron chi connectivity index (χ1n) is 7.26. The third-order valence-electron chi connectivity index (χ3n) is 3.90. The number of benzene rings is 2. The van der Waals surface area contributed by atoms with E-state index in [0.717, 1.165) is 42.9 Å². The average molecular weight is 306 g/mol. The number of nitrogens with one attached hydrogen (secondary N) is 2. The van der Waals surface area contributed by atoms with Crippen molar-refractivity contribution in [3.63, 3.8) is 0 Å². The molecule has 0 aromatic heterocycles. The van der Waals surface area contributed by atoms with E-state index in [0.29, 0.717) is 0 Å². The lowest BCUT2D eigenvalue weighted by molar-refractivity contribution is -0.137. The molecular weight excluding hydrogens is 289 g/mol. The van der Waals surface area contributed by atoms with E-state index in [1.54, 1.807) is 0 Å². The molecule has 0 bridgehead atoms. The van der Waals surface area contributed by atoms with Crippen LogP contribution in [-0.4, -0.2) is 19.6 Å². The van der Waals surface area contributed by atoms with Gasteiger partial charge in [0.1, 0.15) is 0 Å². The predicted octanol–water partition coefficient (Wildman–Crippen LogP) is 3.61. The monoisotopic (exact) mass is 306 g/mol. The van der Waals surface area contributed by atoms with Gasteiger partial charge < -0.3 is 10.6 Å². The summed E-state index contributed by atoms with van der Waals surface area (Å²) in [5.41, 5.74) is 2.27. The summed E-state index contributed by atoms with van der Waals surface area (Å²) in [7, 11) is 0. The molecule has 2 N–H and O–H groups in total. The number of hydrogen-bond donors (Lipinski definition) is 2. The minimum atomic E-state index is -4.29. The van der Waals surface area contributed by atoms with Crippen molar-refractivity contribution in [3.05, 3.63) is 59.7 Å². The summed E-state index contributed by atoms with van der Waals surface area (Å²) in [5.74, 6) is 0. The van der Waals surface area contributed by atoms with Crippen molar-refractivity contribution in [1.29, 1.82) is 0 Å². The minimum Gasteiger partial charge on any atom is -0.314 e. The van der Waals surface area contributed by atoms with Crippen LogP contribution in [0.1, 0.15) is 17.2 Å². The second-order valence-electron chi connectivity index (χ2n) is 5.41. The molecule has 1 atom stereocenters. The number of halogens is 3. The fraction of sp³-hybridized carbons (Fsp3) is 0.294. The number of rotatable bonds is 2. The highest BCUT2D eigenvalue weighted by Gasteiger charge is 2.29. The maximum absolute atomic E-state index is 12.6. The molecule has 116 valence electrons. The summed E-state index contributed by atoms with van der Waals surface area (Å²) in [5, 5.41) is 6.76. The fourth-order valence-electron chi connectivity index (χ4n) is 2.65. The number of alkyl halides is 3. The molecule has 0 aliphatic carbocycles. The molecule has 2 nitrogen and oxygen atoms in total. The first kappa shape index (κ1) is 15.1. The molecule has 0 amide bonds. The summed E-state index contributed by atoms with van der Waals surface area (Å²) in [6.45, 7) is 2.80. The normalized spacial score (nSPS) is 19.1. The third-order valence-corrected chi connectivity index (χ3v) is 3.90. The van der Waals surface area contributed by atoms with Gasteiger partial charge in [-0.2, -0.15) is 13.2 Å². The van der Waals surface area contributed by atoms with Crippen molar-refractivity contribution < 1.29 is 13.2 Å². The van der Waals surface area contributed by atoms with Crippen molar-refractivity contribution >= 4 is 0 Å². The standard InChI is InChI=1S/C17H17F3N2/c18-17(19,20)15-7-5-13(6-8-15)12-1-3-14(4-2-12)16-11-21-9-10-22-16/h1-8,16,21-22H,9-11H2/t16-/m1/s1. The van der Waals surface area contributed by atoms with Gasteiger partial charge in [0.05, 0.1) is 5.56 Å². The van der Waals surface area contributed by atoms with E-state index in [9.17, 15) is 13.2 Å². The molecular formula is C17H17F3N2. The maximum Gasteiger partial charge on any atom is 0.416 e. The van der Waals surface area contributed by atoms with E-state index in [4.69, 9.17) is 0 Å². The largest absolute Gasteiger partial charge is 0.416 e. The van der Waals surface area contributed by atoms with Gasteiger partial charge >= 0.3 is 6.18 Å². The van der Waals surface area contributed by atoms with E-state index in [2.05, 4.69) is 10.6 Å². The molecule has 1 saturated heterocycles. The van der Waals surface area contributed by atoms with Crippen LogP contribution in [0.3, 0.4) is 0 Å². The van der Waals surface area contributed by atoms with Gasteiger partial charge in [0.2, 0.25) is 0 Å². The third kappa shape index (κ3) is 3.31. The number of hydrogen-bond acceptors (Lipinski definition) is 2.